The highest BCUT2D eigenvalue weighted by molar-refractivity contribution is 5.19. The molecule has 1 fully saturated rings. The highest BCUT2D eigenvalue weighted by atomic mass is 16.3. The van der Waals surface area contributed by atoms with Crippen LogP contribution in [-0.2, 0) is 0 Å². The average Bonchev–Trinajstić information content (AvgIpc) is 2.26. The zero-order chi connectivity index (χ0) is 11.6. The summed E-state index contributed by atoms with van der Waals surface area (Å²) in [5.74, 6) is 0. The van der Waals surface area contributed by atoms with Gasteiger partial charge in [0, 0.05) is 19.1 Å². The zero-order valence-corrected chi connectivity index (χ0v) is 10.2. The van der Waals surface area contributed by atoms with E-state index in [2.05, 4.69) is 43.0 Å². The Hall–Kier alpha value is -0.860. The fraction of sp³-hybridized carbons (Fsp3) is 0.571. The van der Waals surface area contributed by atoms with Crippen LogP contribution in [0.5, 0.6) is 0 Å². The van der Waals surface area contributed by atoms with Gasteiger partial charge < -0.3 is 5.11 Å². The molecule has 0 saturated carbocycles. The molecule has 1 atom stereocenters. The van der Waals surface area contributed by atoms with Crippen molar-refractivity contribution in [3.63, 3.8) is 0 Å². The van der Waals surface area contributed by atoms with Crippen LogP contribution in [0, 0.1) is 0 Å². The molecule has 1 aliphatic heterocycles. The highest BCUT2D eigenvalue weighted by Crippen LogP contribution is 2.33. The number of benzene rings is 1. The Morgan fingerprint density at radius 3 is 2.50 bits per heavy atom. The molecule has 1 unspecified atom stereocenters. The van der Waals surface area contributed by atoms with E-state index in [4.69, 9.17) is 0 Å². The third-order valence-electron chi connectivity index (χ3n) is 3.54. The summed E-state index contributed by atoms with van der Waals surface area (Å²) in [6, 6.07) is 10.9. The van der Waals surface area contributed by atoms with Crippen molar-refractivity contribution in [1.29, 1.82) is 0 Å². The van der Waals surface area contributed by atoms with Gasteiger partial charge in [0.2, 0.25) is 0 Å². The Morgan fingerprint density at radius 2 is 1.94 bits per heavy atom. The van der Waals surface area contributed by atoms with Crippen LogP contribution < -0.4 is 0 Å². The summed E-state index contributed by atoms with van der Waals surface area (Å²) in [5.41, 5.74) is 0.915. The molecule has 0 amide bonds. The number of nitrogens with zero attached hydrogens (tertiary/aromatic N) is 1. The normalized spacial score (nSPS) is 21.4. The van der Waals surface area contributed by atoms with Gasteiger partial charge in [-0.05, 0) is 18.9 Å². The van der Waals surface area contributed by atoms with Gasteiger partial charge in [0.1, 0.15) is 0 Å². The lowest BCUT2D eigenvalue weighted by Crippen LogP contribution is -2.61. The van der Waals surface area contributed by atoms with Crippen LogP contribution in [-0.4, -0.2) is 28.7 Å². The second-order valence-electron chi connectivity index (χ2n) is 4.97. The summed E-state index contributed by atoms with van der Waals surface area (Å²) in [4.78, 5) is 2.34. The fourth-order valence-electron chi connectivity index (χ4n) is 2.55. The Bertz CT molecular complexity index is 330. The fourth-order valence-corrected chi connectivity index (χ4v) is 2.55. The molecule has 1 aromatic rings. The third-order valence-corrected chi connectivity index (χ3v) is 3.54. The predicted molar refractivity (Wildman–Crippen MR) is 66.3 cm³/mol. The van der Waals surface area contributed by atoms with Crippen molar-refractivity contribution in [2.45, 2.75) is 38.3 Å². The lowest BCUT2D eigenvalue weighted by molar-refractivity contribution is -0.118. The number of aliphatic hydroxyl groups is 1. The summed E-state index contributed by atoms with van der Waals surface area (Å²) in [5, 5.41) is 10.1. The van der Waals surface area contributed by atoms with Crippen LogP contribution in [0.1, 0.15) is 38.3 Å². The van der Waals surface area contributed by atoms with Crippen molar-refractivity contribution in [2.24, 2.45) is 0 Å². The molecule has 1 heterocycles. The van der Waals surface area contributed by atoms with Gasteiger partial charge in [0.05, 0.1) is 5.60 Å². The average molecular weight is 219 g/mol. The molecule has 0 aliphatic carbocycles. The summed E-state index contributed by atoms with van der Waals surface area (Å²) >= 11 is 0. The van der Waals surface area contributed by atoms with Crippen molar-refractivity contribution in [1.82, 2.24) is 4.90 Å². The van der Waals surface area contributed by atoms with Crippen molar-refractivity contribution < 1.29 is 5.11 Å². The highest BCUT2D eigenvalue weighted by Gasteiger charge is 2.42. The molecular formula is C14H21NO. The van der Waals surface area contributed by atoms with Crippen LogP contribution >= 0.6 is 0 Å². The van der Waals surface area contributed by atoms with Gasteiger partial charge in [0.25, 0.3) is 0 Å². The topological polar surface area (TPSA) is 23.5 Å². The third kappa shape index (κ3) is 2.28. The van der Waals surface area contributed by atoms with Crippen molar-refractivity contribution in [3.05, 3.63) is 35.9 Å². The minimum Gasteiger partial charge on any atom is -0.387 e. The van der Waals surface area contributed by atoms with E-state index in [0.717, 1.165) is 25.9 Å². The molecule has 88 valence electrons. The van der Waals surface area contributed by atoms with Gasteiger partial charge >= 0.3 is 0 Å². The first-order valence-corrected chi connectivity index (χ1v) is 6.16. The molecule has 1 aromatic carbocycles. The van der Waals surface area contributed by atoms with E-state index < -0.39 is 5.60 Å². The van der Waals surface area contributed by atoms with Gasteiger partial charge in [-0.25, -0.2) is 0 Å². The van der Waals surface area contributed by atoms with E-state index in [-0.39, 0.29) is 0 Å². The van der Waals surface area contributed by atoms with Crippen LogP contribution in [0.25, 0.3) is 0 Å². The standard InChI is InChI=1S/C14H21NO/c1-3-9-14(16)10-15(11-14)12(2)13-7-5-4-6-8-13/h4-8,12,16H,3,9-11H2,1-2H3. The predicted octanol–water partition coefficient (Wildman–Crippen LogP) is 2.59. The van der Waals surface area contributed by atoms with Gasteiger partial charge in [-0.2, -0.15) is 0 Å². The molecule has 16 heavy (non-hydrogen) atoms. The molecule has 0 spiro atoms. The van der Waals surface area contributed by atoms with Crippen LogP contribution in [0.15, 0.2) is 30.3 Å². The van der Waals surface area contributed by atoms with E-state index in [1.807, 2.05) is 6.07 Å². The van der Waals surface area contributed by atoms with Gasteiger partial charge in [-0.15, -0.1) is 0 Å². The Kier molecular flexibility index (Phi) is 3.31. The van der Waals surface area contributed by atoms with Crippen LogP contribution in [0.3, 0.4) is 0 Å². The molecule has 1 saturated heterocycles. The maximum absolute atomic E-state index is 10.1. The summed E-state index contributed by atoms with van der Waals surface area (Å²) in [6.45, 7) is 5.97. The van der Waals surface area contributed by atoms with Crippen molar-refractivity contribution in [3.8, 4) is 0 Å². The Balaban J connectivity index is 1.93. The van der Waals surface area contributed by atoms with E-state index in [0.29, 0.717) is 6.04 Å². The van der Waals surface area contributed by atoms with Gasteiger partial charge in [-0.3, -0.25) is 4.90 Å². The van der Waals surface area contributed by atoms with Crippen LogP contribution in [0.2, 0.25) is 0 Å². The Morgan fingerprint density at radius 1 is 1.31 bits per heavy atom. The van der Waals surface area contributed by atoms with Gasteiger partial charge in [0.15, 0.2) is 0 Å². The molecule has 1 aliphatic rings. The van der Waals surface area contributed by atoms with Crippen LogP contribution in [0.4, 0.5) is 0 Å². The first-order valence-electron chi connectivity index (χ1n) is 6.16. The van der Waals surface area contributed by atoms with E-state index in [9.17, 15) is 5.11 Å². The number of hydrogen-bond donors (Lipinski definition) is 1. The maximum atomic E-state index is 10.1. The first kappa shape index (κ1) is 11.6. The molecule has 2 rings (SSSR count). The molecule has 0 aromatic heterocycles. The SMILES string of the molecule is CCCC1(O)CN(C(C)c2ccccc2)C1. The Labute approximate surface area is 97.9 Å². The second-order valence-corrected chi connectivity index (χ2v) is 4.97. The largest absolute Gasteiger partial charge is 0.387 e. The minimum absolute atomic E-state index is 0.415. The molecule has 0 bridgehead atoms. The first-order chi connectivity index (χ1) is 7.64. The molecule has 2 heteroatoms. The van der Waals surface area contributed by atoms with E-state index >= 15 is 0 Å². The quantitative estimate of drug-likeness (QED) is 0.841. The molecular weight excluding hydrogens is 198 g/mol. The summed E-state index contributed by atoms with van der Waals surface area (Å²) < 4.78 is 0. The summed E-state index contributed by atoms with van der Waals surface area (Å²) in [6.07, 6.45) is 1.98. The van der Waals surface area contributed by atoms with E-state index in [1.54, 1.807) is 0 Å². The van der Waals surface area contributed by atoms with Gasteiger partial charge in [-0.1, -0.05) is 43.7 Å². The summed E-state index contributed by atoms with van der Waals surface area (Å²) in [7, 11) is 0. The molecule has 0 radical (unpaired) electrons. The van der Waals surface area contributed by atoms with Crippen molar-refractivity contribution in [2.75, 3.05) is 13.1 Å². The lowest BCUT2D eigenvalue weighted by Gasteiger charge is -2.49. The van der Waals surface area contributed by atoms with Crippen molar-refractivity contribution >= 4 is 0 Å². The number of hydrogen-bond acceptors (Lipinski definition) is 2. The number of rotatable bonds is 4. The number of likely N-dealkylation sites (tertiary alicyclic amines) is 1. The molecule has 2 nitrogen and oxygen atoms in total. The van der Waals surface area contributed by atoms with E-state index in [1.165, 1.54) is 5.56 Å². The monoisotopic (exact) mass is 219 g/mol. The zero-order valence-electron chi connectivity index (χ0n) is 10.2. The molecule has 1 N–H and O–H groups in total. The smallest absolute Gasteiger partial charge is 0.0900 e. The lowest BCUT2D eigenvalue weighted by atomic mass is 9.87. The number of β-amino-alcohol motifs (C(OH)–C–C–N with tert-alkyl or cyclic N) is 1. The minimum atomic E-state index is -0.419. The second kappa shape index (κ2) is 4.56. The maximum Gasteiger partial charge on any atom is 0.0900 e.